The average molecular weight is 488 g/mol. The zero-order chi connectivity index (χ0) is 24.8. The Balaban J connectivity index is 1.59. The molecule has 2 aromatic carbocycles. The van der Waals surface area contributed by atoms with Crippen LogP contribution in [0.25, 0.3) is 10.7 Å². The van der Waals surface area contributed by atoms with E-state index in [1.54, 1.807) is 19.2 Å². The van der Waals surface area contributed by atoms with Crippen molar-refractivity contribution in [2.24, 2.45) is 0 Å². The number of ether oxygens (including phenoxy) is 2. The van der Waals surface area contributed by atoms with Crippen LogP contribution in [0.2, 0.25) is 0 Å². The fraction of sp³-hybridized carbons (Fsp3) is 0.148. The molecule has 0 amide bonds. The number of carbonyl (C=O) groups is 1. The van der Waals surface area contributed by atoms with E-state index in [1.807, 2.05) is 61.5 Å². The molecule has 0 unspecified atom stereocenters. The van der Waals surface area contributed by atoms with Gasteiger partial charge in [0.05, 0.1) is 18.4 Å². The maximum Gasteiger partial charge on any atom is 0.307 e. The number of benzene rings is 2. The summed E-state index contributed by atoms with van der Waals surface area (Å²) in [6.45, 7) is 5.81. The van der Waals surface area contributed by atoms with Gasteiger partial charge in [0.1, 0.15) is 17.3 Å². The van der Waals surface area contributed by atoms with Crippen molar-refractivity contribution in [1.29, 1.82) is 0 Å². The summed E-state index contributed by atoms with van der Waals surface area (Å²) >= 11 is 1.46. The number of hydrogen-bond donors (Lipinski definition) is 2. The lowest BCUT2D eigenvalue weighted by Crippen LogP contribution is -2.05. The lowest BCUT2D eigenvalue weighted by molar-refractivity contribution is -0.136. The summed E-state index contributed by atoms with van der Waals surface area (Å²) in [6.07, 6.45) is 2.42. The first-order valence-corrected chi connectivity index (χ1v) is 11.7. The molecule has 0 aliphatic rings. The Morgan fingerprint density at radius 3 is 2.43 bits per heavy atom. The molecule has 8 heteroatoms. The first kappa shape index (κ1) is 24.0. The van der Waals surface area contributed by atoms with Crippen LogP contribution in [0, 0.1) is 6.92 Å². The van der Waals surface area contributed by atoms with Gasteiger partial charge in [-0.25, -0.2) is 9.97 Å². The van der Waals surface area contributed by atoms with Crippen molar-refractivity contribution >= 4 is 28.8 Å². The van der Waals surface area contributed by atoms with Gasteiger partial charge >= 0.3 is 5.97 Å². The SMILES string of the molecule is C=CCc1c(C)nc(-c2ccc(Oc3ccc(OC)cc3)s2)nc1Nc1ccc(CC(=O)O)cc1. The number of hydrogen-bond acceptors (Lipinski definition) is 7. The number of nitrogens with zero attached hydrogens (tertiary/aromatic N) is 2. The Labute approximate surface area is 207 Å². The van der Waals surface area contributed by atoms with E-state index in [0.29, 0.717) is 23.8 Å². The van der Waals surface area contributed by atoms with Gasteiger partial charge in [0, 0.05) is 16.9 Å². The van der Waals surface area contributed by atoms with Gasteiger partial charge in [-0.1, -0.05) is 29.5 Å². The molecule has 0 spiro atoms. The number of allylic oxidation sites excluding steroid dienone is 1. The van der Waals surface area contributed by atoms with Gasteiger partial charge in [-0.3, -0.25) is 4.79 Å². The summed E-state index contributed by atoms with van der Waals surface area (Å²) in [5.41, 5.74) is 3.34. The fourth-order valence-corrected chi connectivity index (χ4v) is 4.28. The van der Waals surface area contributed by atoms with Gasteiger partial charge in [0.2, 0.25) is 0 Å². The summed E-state index contributed by atoms with van der Waals surface area (Å²) < 4.78 is 11.2. The van der Waals surface area contributed by atoms with Crippen LogP contribution in [0.5, 0.6) is 16.6 Å². The monoisotopic (exact) mass is 487 g/mol. The predicted molar refractivity (Wildman–Crippen MR) is 138 cm³/mol. The second-order valence-electron chi connectivity index (χ2n) is 7.74. The second-order valence-corrected chi connectivity index (χ2v) is 8.79. The summed E-state index contributed by atoms with van der Waals surface area (Å²) in [6, 6.07) is 18.5. The molecule has 178 valence electrons. The molecule has 7 nitrogen and oxygen atoms in total. The Kier molecular flexibility index (Phi) is 7.42. The van der Waals surface area contributed by atoms with Crippen molar-refractivity contribution < 1.29 is 19.4 Å². The van der Waals surface area contributed by atoms with Crippen molar-refractivity contribution in [3.05, 3.63) is 90.1 Å². The molecule has 0 atom stereocenters. The number of aliphatic carboxylic acids is 1. The molecule has 0 bridgehead atoms. The van der Waals surface area contributed by atoms with Crippen LogP contribution >= 0.6 is 11.3 Å². The summed E-state index contributed by atoms with van der Waals surface area (Å²) in [5.74, 6) is 1.90. The zero-order valence-electron chi connectivity index (χ0n) is 19.4. The Morgan fingerprint density at radius 1 is 1.06 bits per heavy atom. The molecular weight excluding hydrogens is 462 g/mol. The highest BCUT2D eigenvalue weighted by Crippen LogP contribution is 2.36. The Hall–Kier alpha value is -4.17. The molecule has 4 aromatic rings. The van der Waals surface area contributed by atoms with Crippen LogP contribution in [-0.4, -0.2) is 28.2 Å². The van der Waals surface area contributed by atoms with E-state index in [-0.39, 0.29) is 6.42 Å². The van der Waals surface area contributed by atoms with Gasteiger partial charge in [-0.05, 0) is 67.4 Å². The number of carboxylic acids is 1. The highest BCUT2D eigenvalue weighted by Gasteiger charge is 2.15. The summed E-state index contributed by atoms with van der Waals surface area (Å²) in [7, 11) is 1.63. The van der Waals surface area contributed by atoms with Crippen molar-refractivity contribution in [3.63, 3.8) is 0 Å². The molecule has 0 saturated heterocycles. The fourth-order valence-electron chi connectivity index (χ4n) is 3.47. The molecule has 4 rings (SSSR count). The maximum atomic E-state index is 10.9. The van der Waals surface area contributed by atoms with E-state index in [2.05, 4.69) is 11.9 Å². The minimum Gasteiger partial charge on any atom is -0.497 e. The lowest BCUT2D eigenvalue weighted by atomic mass is 10.1. The number of methoxy groups -OCH3 is 1. The Bertz CT molecular complexity index is 1330. The van der Waals surface area contributed by atoms with Crippen molar-refractivity contribution in [1.82, 2.24) is 9.97 Å². The second kappa shape index (κ2) is 10.8. The van der Waals surface area contributed by atoms with Crippen LogP contribution in [0.3, 0.4) is 0 Å². The summed E-state index contributed by atoms with van der Waals surface area (Å²) in [4.78, 5) is 21.4. The van der Waals surface area contributed by atoms with Crippen molar-refractivity contribution in [2.75, 3.05) is 12.4 Å². The van der Waals surface area contributed by atoms with Crippen LogP contribution < -0.4 is 14.8 Å². The molecule has 0 saturated carbocycles. The number of rotatable bonds is 10. The quantitative estimate of drug-likeness (QED) is 0.250. The first-order valence-electron chi connectivity index (χ1n) is 10.9. The van der Waals surface area contributed by atoms with Gasteiger partial charge in [-0.15, -0.1) is 6.58 Å². The number of nitrogens with one attached hydrogen (secondary N) is 1. The third-order valence-corrected chi connectivity index (χ3v) is 6.17. The number of anilines is 2. The maximum absolute atomic E-state index is 10.9. The number of carboxylic acid groups (broad SMARTS) is 1. The molecule has 2 heterocycles. The van der Waals surface area contributed by atoms with E-state index in [9.17, 15) is 4.79 Å². The smallest absolute Gasteiger partial charge is 0.307 e. The topological polar surface area (TPSA) is 93.6 Å². The number of thiophene rings is 1. The van der Waals surface area contributed by atoms with Crippen LogP contribution in [0.4, 0.5) is 11.5 Å². The van der Waals surface area contributed by atoms with Crippen LogP contribution in [0.1, 0.15) is 16.8 Å². The van der Waals surface area contributed by atoms with E-state index in [1.165, 1.54) is 11.3 Å². The highest BCUT2D eigenvalue weighted by atomic mass is 32.1. The molecule has 0 fully saturated rings. The van der Waals surface area contributed by atoms with E-state index in [0.717, 1.165) is 38.2 Å². The average Bonchev–Trinajstić information content (AvgIpc) is 3.31. The van der Waals surface area contributed by atoms with Gasteiger partial charge in [-0.2, -0.15) is 0 Å². The number of aromatic nitrogens is 2. The van der Waals surface area contributed by atoms with E-state index < -0.39 is 5.97 Å². The van der Waals surface area contributed by atoms with Crippen molar-refractivity contribution in [2.45, 2.75) is 19.8 Å². The molecule has 2 aromatic heterocycles. The minimum atomic E-state index is -0.860. The summed E-state index contributed by atoms with van der Waals surface area (Å²) in [5, 5.41) is 13.1. The standard InChI is InChI=1S/C27H25N3O4S/c1-4-5-22-17(2)28-27(30-26(22)29-19-8-6-18(7-9-19)16-24(31)32)23-14-15-25(35-23)34-21-12-10-20(33-3)11-13-21/h4,6-15H,1,5,16H2,2-3H3,(H,31,32)(H,28,29,30). The van der Waals surface area contributed by atoms with E-state index >= 15 is 0 Å². The molecule has 35 heavy (non-hydrogen) atoms. The third-order valence-electron chi connectivity index (χ3n) is 5.21. The number of aryl methyl sites for hydroxylation is 1. The largest absolute Gasteiger partial charge is 0.497 e. The lowest BCUT2D eigenvalue weighted by Gasteiger charge is -2.14. The minimum absolute atomic E-state index is 0.0158. The van der Waals surface area contributed by atoms with E-state index in [4.69, 9.17) is 24.5 Å². The van der Waals surface area contributed by atoms with Gasteiger partial charge in [0.25, 0.3) is 0 Å². The van der Waals surface area contributed by atoms with Gasteiger partial charge in [0.15, 0.2) is 10.9 Å². The van der Waals surface area contributed by atoms with Crippen molar-refractivity contribution in [3.8, 4) is 27.3 Å². The molecule has 0 radical (unpaired) electrons. The predicted octanol–water partition coefficient (Wildman–Crippen LogP) is 6.41. The molecule has 2 N–H and O–H groups in total. The van der Waals surface area contributed by atoms with Crippen LogP contribution in [0.15, 0.2) is 73.3 Å². The first-order chi connectivity index (χ1) is 16.9. The molecular formula is C27H25N3O4S. The normalized spacial score (nSPS) is 10.6. The highest BCUT2D eigenvalue weighted by molar-refractivity contribution is 7.17. The zero-order valence-corrected chi connectivity index (χ0v) is 20.3. The molecule has 0 aliphatic heterocycles. The third kappa shape index (κ3) is 6.04. The molecule has 0 aliphatic carbocycles. The van der Waals surface area contributed by atoms with Crippen LogP contribution in [-0.2, 0) is 17.6 Å². The van der Waals surface area contributed by atoms with Gasteiger partial charge < -0.3 is 19.9 Å². The Morgan fingerprint density at radius 2 is 1.77 bits per heavy atom.